The molecule has 14 heavy (non-hydrogen) atoms. The van der Waals surface area contributed by atoms with Gasteiger partial charge >= 0.3 is 0 Å². The normalized spacial score (nSPS) is 12.2. The van der Waals surface area contributed by atoms with E-state index in [0.717, 1.165) is 0 Å². The molecular formula is C9H10ClNO3. The quantitative estimate of drug-likeness (QED) is 0.653. The topological polar surface area (TPSA) is 69.6 Å². The number of hydrogen-bond donors (Lipinski definition) is 3. The van der Waals surface area contributed by atoms with E-state index in [9.17, 15) is 9.90 Å². The lowest BCUT2D eigenvalue weighted by atomic mass is 10.2. The molecular weight excluding hydrogens is 206 g/mol. The van der Waals surface area contributed by atoms with Crippen LogP contribution in [0.2, 0.25) is 5.02 Å². The van der Waals surface area contributed by atoms with Crippen LogP contribution in [0.15, 0.2) is 18.2 Å². The standard InChI is InChI=1S/C9H10ClNO3/c1-5(12)9(14)11-7-3-2-6(10)4-8(7)13/h2-5,12-13H,1H3,(H,11,14). The van der Waals surface area contributed by atoms with E-state index in [4.69, 9.17) is 16.7 Å². The molecule has 0 fully saturated rings. The number of carbonyl (C=O) groups is 1. The van der Waals surface area contributed by atoms with Crippen LogP contribution in [-0.2, 0) is 4.79 Å². The Morgan fingerprint density at radius 1 is 1.57 bits per heavy atom. The first kappa shape index (κ1) is 10.8. The van der Waals surface area contributed by atoms with Crippen LogP contribution in [0.3, 0.4) is 0 Å². The molecule has 0 saturated heterocycles. The van der Waals surface area contributed by atoms with E-state index < -0.39 is 12.0 Å². The van der Waals surface area contributed by atoms with Crippen LogP contribution in [0.5, 0.6) is 5.75 Å². The van der Waals surface area contributed by atoms with E-state index in [0.29, 0.717) is 5.02 Å². The molecule has 0 aliphatic rings. The van der Waals surface area contributed by atoms with Gasteiger partial charge in [-0.25, -0.2) is 0 Å². The van der Waals surface area contributed by atoms with Gasteiger partial charge < -0.3 is 15.5 Å². The van der Waals surface area contributed by atoms with Gasteiger partial charge in [0.05, 0.1) is 5.69 Å². The zero-order valence-electron chi connectivity index (χ0n) is 7.49. The molecule has 0 radical (unpaired) electrons. The van der Waals surface area contributed by atoms with E-state index in [-0.39, 0.29) is 11.4 Å². The summed E-state index contributed by atoms with van der Waals surface area (Å²) in [7, 11) is 0. The van der Waals surface area contributed by atoms with Crippen molar-refractivity contribution in [3.63, 3.8) is 0 Å². The van der Waals surface area contributed by atoms with Crippen LogP contribution in [0, 0.1) is 0 Å². The third-order valence-electron chi connectivity index (χ3n) is 1.60. The van der Waals surface area contributed by atoms with Gasteiger partial charge in [-0.05, 0) is 19.1 Å². The molecule has 0 aromatic heterocycles. The van der Waals surface area contributed by atoms with E-state index in [1.165, 1.54) is 25.1 Å². The number of halogens is 1. The average molecular weight is 216 g/mol. The molecule has 0 aliphatic heterocycles. The van der Waals surface area contributed by atoms with Crippen molar-refractivity contribution in [1.29, 1.82) is 0 Å². The molecule has 1 aromatic carbocycles. The number of rotatable bonds is 2. The second-order valence-electron chi connectivity index (χ2n) is 2.83. The molecule has 1 unspecified atom stereocenters. The van der Waals surface area contributed by atoms with Gasteiger partial charge in [0, 0.05) is 11.1 Å². The number of amides is 1. The SMILES string of the molecule is CC(O)C(=O)Nc1ccc(Cl)cc1O. The van der Waals surface area contributed by atoms with Crippen LogP contribution < -0.4 is 5.32 Å². The van der Waals surface area contributed by atoms with Crippen LogP contribution in [0.25, 0.3) is 0 Å². The van der Waals surface area contributed by atoms with Crippen LogP contribution >= 0.6 is 11.6 Å². The molecule has 0 heterocycles. The molecule has 4 nitrogen and oxygen atoms in total. The van der Waals surface area contributed by atoms with Crippen molar-refractivity contribution in [2.24, 2.45) is 0 Å². The van der Waals surface area contributed by atoms with Gasteiger partial charge in [0.1, 0.15) is 11.9 Å². The van der Waals surface area contributed by atoms with E-state index in [2.05, 4.69) is 5.32 Å². The summed E-state index contributed by atoms with van der Waals surface area (Å²) in [5, 5.41) is 21.0. The summed E-state index contributed by atoms with van der Waals surface area (Å²) in [4.78, 5) is 11.0. The van der Waals surface area contributed by atoms with E-state index in [1.807, 2.05) is 0 Å². The summed E-state index contributed by atoms with van der Waals surface area (Å²) in [5.74, 6) is -0.714. The smallest absolute Gasteiger partial charge is 0.253 e. The molecule has 1 aromatic rings. The predicted octanol–water partition coefficient (Wildman–Crippen LogP) is 1.36. The fourth-order valence-corrected chi connectivity index (χ4v) is 1.01. The number of phenolic OH excluding ortho intramolecular Hbond substituents is 1. The van der Waals surface area contributed by atoms with Gasteiger partial charge in [0.25, 0.3) is 5.91 Å². The van der Waals surface area contributed by atoms with Gasteiger partial charge in [-0.2, -0.15) is 0 Å². The maximum Gasteiger partial charge on any atom is 0.253 e. The summed E-state index contributed by atoms with van der Waals surface area (Å²) in [6, 6.07) is 4.29. The Morgan fingerprint density at radius 2 is 2.21 bits per heavy atom. The van der Waals surface area contributed by atoms with Crippen molar-refractivity contribution < 1.29 is 15.0 Å². The number of hydrogen-bond acceptors (Lipinski definition) is 3. The number of nitrogens with one attached hydrogen (secondary N) is 1. The van der Waals surface area contributed by atoms with Gasteiger partial charge in [0.15, 0.2) is 0 Å². The number of phenols is 1. The first-order valence-corrected chi connectivity index (χ1v) is 4.36. The summed E-state index contributed by atoms with van der Waals surface area (Å²) in [6.07, 6.45) is -1.12. The van der Waals surface area contributed by atoms with Gasteiger partial charge in [-0.15, -0.1) is 0 Å². The Morgan fingerprint density at radius 3 is 2.71 bits per heavy atom. The summed E-state index contributed by atoms with van der Waals surface area (Å²) < 4.78 is 0. The molecule has 0 saturated carbocycles. The number of aromatic hydroxyl groups is 1. The Bertz CT molecular complexity index is 352. The first-order chi connectivity index (χ1) is 6.50. The predicted molar refractivity (Wildman–Crippen MR) is 53.4 cm³/mol. The monoisotopic (exact) mass is 215 g/mol. The lowest BCUT2D eigenvalue weighted by Gasteiger charge is -2.08. The number of aliphatic hydroxyl groups excluding tert-OH is 1. The second kappa shape index (κ2) is 4.30. The highest BCUT2D eigenvalue weighted by Crippen LogP contribution is 2.26. The minimum absolute atomic E-state index is 0.133. The highest BCUT2D eigenvalue weighted by molar-refractivity contribution is 6.30. The molecule has 1 rings (SSSR count). The van der Waals surface area contributed by atoms with Crippen molar-refractivity contribution in [1.82, 2.24) is 0 Å². The molecule has 5 heteroatoms. The van der Waals surface area contributed by atoms with Crippen molar-refractivity contribution >= 4 is 23.2 Å². The Labute approximate surface area is 86.1 Å². The molecule has 1 amide bonds. The zero-order chi connectivity index (χ0) is 10.7. The minimum Gasteiger partial charge on any atom is -0.506 e. The zero-order valence-corrected chi connectivity index (χ0v) is 8.25. The largest absolute Gasteiger partial charge is 0.506 e. The molecule has 0 spiro atoms. The maximum absolute atomic E-state index is 11.0. The van der Waals surface area contributed by atoms with Crippen molar-refractivity contribution in [2.45, 2.75) is 13.0 Å². The van der Waals surface area contributed by atoms with E-state index in [1.54, 1.807) is 0 Å². The van der Waals surface area contributed by atoms with Crippen molar-refractivity contribution in [2.75, 3.05) is 5.32 Å². The fraction of sp³-hybridized carbons (Fsp3) is 0.222. The fourth-order valence-electron chi connectivity index (χ4n) is 0.848. The van der Waals surface area contributed by atoms with Gasteiger partial charge in [-0.3, -0.25) is 4.79 Å². The highest BCUT2D eigenvalue weighted by atomic mass is 35.5. The third kappa shape index (κ3) is 2.61. The molecule has 3 N–H and O–H groups in total. The lowest BCUT2D eigenvalue weighted by molar-refractivity contribution is -0.123. The average Bonchev–Trinajstić information content (AvgIpc) is 2.09. The summed E-state index contributed by atoms with van der Waals surface area (Å²) in [6.45, 7) is 1.34. The molecule has 0 bridgehead atoms. The van der Waals surface area contributed by atoms with Crippen LogP contribution in [-0.4, -0.2) is 22.2 Å². The first-order valence-electron chi connectivity index (χ1n) is 3.98. The summed E-state index contributed by atoms with van der Waals surface area (Å²) in [5.41, 5.74) is 0.223. The number of aliphatic hydroxyl groups is 1. The highest BCUT2D eigenvalue weighted by Gasteiger charge is 2.11. The molecule has 1 atom stereocenters. The van der Waals surface area contributed by atoms with Gasteiger partial charge in [0.2, 0.25) is 0 Å². The maximum atomic E-state index is 11.0. The van der Waals surface area contributed by atoms with Crippen molar-refractivity contribution in [3.8, 4) is 5.75 Å². The molecule has 76 valence electrons. The van der Waals surface area contributed by atoms with Crippen LogP contribution in [0.4, 0.5) is 5.69 Å². The number of benzene rings is 1. The van der Waals surface area contributed by atoms with Gasteiger partial charge in [-0.1, -0.05) is 11.6 Å². The number of carbonyl (C=O) groups excluding carboxylic acids is 1. The van der Waals surface area contributed by atoms with Crippen LogP contribution in [0.1, 0.15) is 6.92 Å². The Balaban J connectivity index is 2.82. The Hall–Kier alpha value is -1.26. The lowest BCUT2D eigenvalue weighted by Crippen LogP contribution is -2.24. The second-order valence-corrected chi connectivity index (χ2v) is 3.26. The summed E-state index contributed by atoms with van der Waals surface area (Å²) >= 11 is 5.59. The molecule has 0 aliphatic carbocycles. The third-order valence-corrected chi connectivity index (χ3v) is 1.83. The Kier molecular flexibility index (Phi) is 3.33. The van der Waals surface area contributed by atoms with Crippen molar-refractivity contribution in [3.05, 3.63) is 23.2 Å². The minimum atomic E-state index is -1.12. The number of anilines is 1. The van der Waals surface area contributed by atoms with E-state index >= 15 is 0 Å².